The summed E-state index contributed by atoms with van der Waals surface area (Å²) >= 11 is 0. The maximum atomic E-state index is 5.72. The number of aliphatic imine (C=N–C) groups is 1. The first-order valence-electron chi connectivity index (χ1n) is 5.67. The molecule has 0 bridgehead atoms. The molecule has 0 saturated carbocycles. The van der Waals surface area contributed by atoms with Gasteiger partial charge in [0.15, 0.2) is 5.90 Å². The minimum Gasteiger partial charge on any atom is -0.478 e. The fraction of sp³-hybridized carbons (Fsp3) is 0.462. The summed E-state index contributed by atoms with van der Waals surface area (Å²) in [5, 5.41) is 0. The molecule has 2 atom stereocenters. The van der Waals surface area contributed by atoms with Crippen LogP contribution in [0.25, 0.3) is 0 Å². The lowest BCUT2D eigenvalue weighted by atomic mass is 10.1. The summed E-state index contributed by atoms with van der Waals surface area (Å²) in [6.07, 6.45) is 0.725. The van der Waals surface area contributed by atoms with Crippen molar-refractivity contribution in [3.05, 3.63) is 35.4 Å². The highest BCUT2D eigenvalue weighted by Crippen LogP contribution is 2.24. The number of hydrogen-bond donors (Lipinski definition) is 1. The van der Waals surface area contributed by atoms with Crippen molar-refractivity contribution in [1.82, 2.24) is 0 Å². The van der Waals surface area contributed by atoms with Gasteiger partial charge in [-0.05, 0) is 19.4 Å². The molecule has 0 saturated heterocycles. The third-order valence-corrected chi connectivity index (χ3v) is 2.63. The van der Waals surface area contributed by atoms with Gasteiger partial charge in [-0.25, -0.2) is 4.99 Å². The number of benzene rings is 1. The number of ether oxygens (including phenoxy) is 1. The van der Waals surface area contributed by atoms with E-state index in [0.717, 1.165) is 12.3 Å². The highest BCUT2D eigenvalue weighted by Gasteiger charge is 2.20. The van der Waals surface area contributed by atoms with Crippen LogP contribution in [-0.4, -0.2) is 18.5 Å². The van der Waals surface area contributed by atoms with Crippen molar-refractivity contribution < 1.29 is 4.74 Å². The average Bonchev–Trinajstić information content (AvgIpc) is 2.65. The van der Waals surface area contributed by atoms with Gasteiger partial charge in [0.25, 0.3) is 0 Å². The predicted molar refractivity (Wildman–Crippen MR) is 65.6 cm³/mol. The van der Waals surface area contributed by atoms with Crippen LogP contribution in [0, 0.1) is 6.92 Å². The maximum absolute atomic E-state index is 5.72. The molecule has 3 nitrogen and oxygen atoms in total. The highest BCUT2D eigenvalue weighted by molar-refractivity contribution is 5.78. The normalized spacial score (nSPS) is 21.4. The van der Waals surface area contributed by atoms with Gasteiger partial charge in [0, 0.05) is 12.5 Å². The topological polar surface area (TPSA) is 47.6 Å². The molecule has 1 aromatic carbocycles. The Hall–Kier alpha value is -1.35. The van der Waals surface area contributed by atoms with Crippen molar-refractivity contribution in [3.63, 3.8) is 0 Å². The molecule has 0 radical (unpaired) electrons. The molecule has 3 heteroatoms. The Morgan fingerprint density at radius 3 is 3.06 bits per heavy atom. The standard InChI is InChI=1S/C13H18N2O/c1-9-4-3-5-11(6-9)12-8-16-13(15-12)7-10(2)14/h3-6,10,12H,7-8,14H2,1-2H3. The molecule has 2 N–H and O–H groups in total. The van der Waals surface area contributed by atoms with Crippen molar-refractivity contribution in [2.75, 3.05) is 6.61 Å². The Morgan fingerprint density at radius 1 is 1.56 bits per heavy atom. The summed E-state index contributed by atoms with van der Waals surface area (Å²) < 4.78 is 5.54. The zero-order valence-corrected chi connectivity index (χ0v) is 9.81. The van der Waals surface area contributed by atoms with Gasteiger partial charge in [-0.1, -0.05) is 29.8 Å². The molecule has 16 heavy (non-hydrogen) atoms. The monoisotopic (exact) mass is 218 g/mol. The van der Waals surface area contributed by atoms with Crippen molar-refractivity contribution in [3.8, 4) is 0 Å². The first-order valence-corrected chi connectivity index (χ1v) is 5.67. The van der Waals surface area contributed by atoms with Gasteiger partial charge in [-0.2, -0.15) is 0 Å². The molecule has 1 aliphatic heterocycles. The minimum atomic E-state index is 0.106. The lowest BCUT2D eigenvalue weighted by molar-refractivity contribution is 0.309. The molecule has 1 aromatic rings. The van der Waals surface area contributed by atoms with Crippen LogP contribution in [0.1, 0.15) is 30.5 Å². The zero-order valence-electron chi connectivity index (χ0n) is 9.81. The first-order chi connectivity index (χ1) is 7.65. The van der Waals surface area contributed by atoms with E-state index in [2.05, 4.69) is 36.2 Å². The van der Waals surface area contributed by atoms with E-state index in [1.54, 1.807) is 0 Å². The summed E-state index contributed by atoms with van der Waals surface area (Å²) in [4.78, 5) is 4.55. The van der Waals surface area contributed by atoms with Gasteiger partial charge in [0.2, 0.25) is 0 Å². The van der Waals surface area contributed by atoms with Crippen LogP contribution >= 0.6 is 0 Å². The Kier molecular flexibility index (Phi) is 3.25. The molecule has 2 unspecified atom stereocenters. The fourth-order valence-electron chi connectivity index (χ4n) is 1.86. The van der Waals surface area contributed by atoms with Crippen molar-refractivity contribution in [2.24, 2.45) is 10.7 Å². The van der Waals surface area contributed by atoms with E-state index < -0.39 is 0 Å². The first kappa shape index (κ1) is 11.1. The lowest BCUT2D eigenvalue weighted by Gasteiger charge is -2.05. The molecular weight excluding hydrogens is 200 g/mol. The summed E-state index contributed by atoms with van der Waals surface area (Å²) in [5.74, 6) is 0.793. The summed E-state index contributed by atoms with van der Waals surface area (Å²) in [6, 6.07) is 8.66. The molecule has 2 rings (SSSR count). The summed E-state index contributed by atoms with van der Waals surface area (Å²) in [6.45, 7) is 4.70. The van der Waals surface area contributed by atoms with E-state index in [0.29, 0.717) is 6.61 Å². The maximum Gasteiger partial charge on any atom is 0.185 e. The van der Waals surface area contributed by atoms with Crippen molar-refractivity contribution in [2.45, 2.75) is 32.4 Å². The Morgan fingerprint density at radius 2 is 2.38 bits per heavy atom. The average molecular weight is 218 g/mol. The number of aryl methyl sites for hydroxylation is 1. The van der Waals surface area contributed by atoms with Crippen LogP contribution in [0.15, 0.2) is 29.3 Å². The van der Waals surface area contributed by atoms with Crippen LogP contribution in [0.5, 0.6) is 0 Å². The van der Waals surface area contributed by atoms with Gasteiger partial charge in [0.05, 0.1) is 0 Å². The second kappa shape index (κ2) is 4.66. The molecule has 86 valence electrons. The number of rotatable bonds is 3. The number of hydrogen-bond acceptors (Lipinski definition) is 3. The number of nitrogens with zero attached hydrogens (tertiary/aromatic N) is 1. The predicted octanol–water partition coefficient (Wildman–Crippen LogP) is 2.20. The fourth-order valence-corrected chi connectivity index (χ4v) is 1.86. The SMILES string of the molecule is Cc1cccc(C2COC(CC(C)N)=N2)c1. The van der Waals surface area contributed by atoms with Gasteiger partial charge in [0.1, 0.15) is 12.6 Å². The largest absolute Gasteiger partial charge is 0.478 e. The Labute approximate surface area is 96.3 Å². The third-order valence-electron chi connectivity index (χ3n) is 2.63. The van der Waals surface area contributed by atoms with Crippen LogP contribution < -0.4 is 5.73 Å². The van der Waals surface area contributed by atoms with Crippen molar-refractivity contribution >= 4 is 5.90 Å². The third kappa shape index (κ3) is 2.61. The summed E-state index contributed by atoms with van der Waals surface area (Å²) in [5.41, 5.74) is 8.20. The van der Waals surface area contributed by atoms with Gasteiger partial charge in [-0.3, -0.25) is 0 Å². The molecule has 0 spiro atoms. The Bertz CT molecular complexity index is 399. The van der Waals surface area contributed by atoms with E-state index in [1.807, 2.05) is 6.92 Å². The van der Waals surface area contributed by atoms with E-state index in [4.69, 9.17) is 10.5 Å². The van der Waals surface area contributed by atoms with E-state index in [-0.39, 0.29) is 12.1 Å². The van der Waals surface area contributed by atoms with E-state index in [1.165, 1.54) is 11.1 Å². The van der Waals surface area contributed by atoms with Crippen LogP contribution in [0.3, 0.4) is 0 Å². The molecule has 0 amide bonds. The molecular formula is C13H18N2O. The second-order valence-corrected chi connectivity index (χ2v) is 4.45. The molecule has 1 aliphatic rings. The molecule has 0 aromatic heterocycles. The molecule has 0 fully saturated rings. The van der Waals surface area contributed by atoms with E-state index >= 15 is 0 Å². The van der Waals surface area contributed by atoms with Gasteiger partial charge in [-0.15, -0.1) is 0 Å². The van der Waals surface area contributed by atoms with Crippen molar-refractivity contribution in [1.29, 1.82) is 0 Å². The second-order valence-electron chi connectivity index (χ2n) is 4.45. The van der Waals surface area contributed by atoms with Gasteiger partial charge >= 0.3 is 0 Å². The van der Waals surface area contributed by atoms with Crippen LogP contribution in [0.2, 0.25) is 0 Å². The quantitative estimate of drug-likeness (QED) is 0.845. The lowest BCUT2D eigenvalue weighted by Crippen LogP contribution is -2.19. The zero-order chi connectivity index (χ0) is 11.5. The smallest absolute Gasteiger partial charge is 0.185 e. The molecule has 0 aliphatic carbocycles. The van der Waals surface area contributed by atoms with Gasteiger partial charge < -0.3 is 10.5 Å². The van der Waals surface area contributed by atoms with Crippen LogP contribution in [-0.2, 0) is 4.74 Å². The van der Waals surface area contributed by atoms with E-state index in [9.17, 15) is 0 Å². The number of nitrogens with two attached hydrogens (primary N) is 1. The van der Waals surface area contributed by atoms with Crippen LogP contribution in [0.4, 0.5) is 0 Å². The summed E-state index contributed by atoms with van der Waals surface area (Å²) in [7, 11) is 0. The minimum absolute atomic E-state index is 0.106. The highest BCUT2D eigenvalue weighted by atomic mass is 16.5. The Balaban J connectivity index is 2.10. The molecule has 1 heterocycles.